The molecule has 20 heavy (non-hydrogen) atoms. The van der Waals surface area contributed by atoms with Gasteiger partial charge in [-0.1, -0.05) is 22.9 Å². The number of hydrogen-bond acceptors (Lipinski definition) is 3. The molecule has 1 aromatic heterocycles. The van der Waals surface area contributed by atoms with E-state index in [1.54, 1.807) is 13.1 Å². The summed E-state index contributed by atoms with van der Waals surface area (Å²) in [6.45, 7) is 3.73. The second kappa shape index (κ2) is 5.58. The van der Waals surface area contributed by atoms with Crippen molar-refractivity contribution >= 4 is 21.9 Å². The molecule has 2 rings (SSSR count). The minimum atomic E-state index is -1.31. The summed E-state index contributed by atoms with van der Waals surface area (Å²) in [4.78, 5) is 23.0. The van der Waals surface area contributed by atoms with Crippen molar-refractivity contribution in [2.45, 2.75) is 20.3 Å². The van der Waals surface area contributed by atoms with Gasteiger partial charge in [-0.05, 0) is 37.1 Å². The van der Waals surface area contributed by atoms with Crippen molar-refractivity contribution in [2.24, 2.45) is 0 Å². The van der Waals surface area contributed by atoms with Crippen molar-refractivity contribution in [1.82, 2.24) is 9.78 Å². The maximum absolute atomic E-state index is 11.9. The van der Waals surface area contributed by atoms with Crippen molar-refractivity contribution in [1.29, 1.82) is 0 Å². The topological polar surface area (TPSA) is 72.2 Å². The first-order chi connectivity index (χ1) is 9.42. The third-order valence-electron chi connectivity index (χ3n) is 2.87. The number of aromatic carboxylic acids is 1. The lowest BCUT2D eigenvalue weighted by atomic mass is 10.2. The Balaban J connectivity index is 2.71. The molecule has 5 nitrogen and oxygen atoms in total. The molecule has 0 fully saturated rings. The van der Waals surface area contributed by atoms with Crippen molar-refractivity contribution in [3.63, 3.8) is 0 Å². The van der Waals surface area contributed by atoms with Gasteiger partial charge in [-0.3, -0.25) is 4.79 Å². The van der Waals surface area contributed by atoms with E-state index in [9.17, 15) is 9.59 Å². The van der Waals surface area contributed by atoms with Gasteiger partial charge < -0.3 is 5.11 Å². The van der Waals surface area contributed by atoms with E-state index in [4.69, 9.17) is 5.11 Å². The highest BCUT2D eigenvalue weighted by Crippen LogP contribution is 2.18. The Hall–Kier alpha value is -1.95. The Kier molecular flexibility index (Phi) is 4.04. The van der Waals surface area contributed by atoms with Crippen LogP contribution in [0.2, 0.25) is 0 Å². The summed E-state index contributed by atoms with van der Waals surface area (Å²) in [5.41, 5.74) is 1.15. The van der Waals surface area contributed by atoms with Crippen LogP contribution in [0.3, 0.4) is 0 Å². The molecule has 0 unspecified atom stereocenters. The van der Waals surface area contributed by atoms with Gasteiger partial charge in [0.25, 0.3) is 0 Å². The average molecular weight is 337 g/mol. The van der Waals surface area contributed by atoms with Crippen LogP contribution in [0.25, 0.3) is 5.69 Å². The monoisotopic (exact) mass is 336 g/mol. The highest BCUT2D eigenvalue weighted by molar-refractivity contribution is 9.10. The Bertz CT molecular complexity index is 717. The number of carboxylic acids is 1. The zero-order valence-corrected chi connectivity index (χ0v) is 12.6. The summed E-state index contributed by atoms with van der Waals surface area (Å²) in [5, 5.41) is 13.0. The molecule has 2 aromatic rings. The molecule has 0 saturated carbocycles. The zero-order valence-electron chi connectivity index (χ0n) is 11.1. The number of carboxylic acid groups (broad SMARTS) is 1. The molecular weight excluding hydrogens is 324 g/mol. The first-order valence-corrected chi connectivity index (χ1v) is 6.85. The molecule has 0 amide bonds. The average Bonchev–Trinajstić information content (AvgIpc) is 2.37. The van der Waals surface area contributed by atoms with E-state index in [-0.39, 0.29) is 0 Å². The lowest BCUT2D eigenvalue weighted by Crippen LogP contribution is -2.24. The van der Waals surface area contributed by atoms with Crippen LogP contribution in [0.15, 0.2) is 33.7 Å². The van der Waals surface area contributed by atoms with Crippen molar-refractivity contribution in [2.75, 3.05) is 0 Å². The smallest absolute Gasteiger partial charge is 0.360 e. The van der Waals surface area contributed by atoms with E-state index in [2.05, 4.69) is 21.0 Å². The molecule has 0 aliphatic heterocycles. The lowest BCUT2D eigenvalue weighted by molar-refractivity contribution is 0.0686. The van der Waals surface area contributed by atoms with Crippen LogP contribution in [0.1, 0.15) is 28.5 Å². The standard InChI is InChI=1S/C14H13BrN2O3/c1-3-9-7-17(16-12(13(9)18)14(19)20)11-5-8(2)4-10(15)6-11/h4-7H,3H2,1-2H3,(H,19,20). The summed E-state index contributed by atoms with van der Waals surface area (Å²) in [6.07, 6.45) is 2.03. The molecule has 0 aliphatic carbocycles. The van der Waals surface area contributed by atoms with E-state index in [0.29, 0.717) is 17.7 Å². The Morgan fingerprint density at radius 2 is 2.10 bits per heavy atom. The number of aromatic nitrogens is 2. The zero-order chi connectivity index (χ0) is 14.9. The van der Waals surface area contributed by atoms with Gasteiger partial charge in [0.15, 0.2) is 0 Å². The number of carbonyl (C=O) groups is 1. The molecule has 0 atom stereocenters. The first-order valence-electron chi connectivity index (χ1n) is 6.06. The third kappa shape index (κ3) is 2.80. The van der Waals surface area contributed by atoms with E-state index in [1.165, 1.54) is 4.68 Å². The van der Waals surface area contributed by atoms with Gasteiger partial charge in [-0.2, -0.15) is 5.10 Å². The van der Waals surface area contributed by atoms with Crippen LogP contribution < -0.4 is 5.43 Å². The second-order valence-corrected chi connectivity index (χ2v) is 5.34. The van der Waals surface area contributed by atoms with Crippen LogP contribution in [0.4, 0.5) is 0 Å². The highest BCUT2D eigenvalue weighted by atomic mass is 79.9. The number of benzene rings is 1. The summed E-state index contributed by atoms with van der Waals surface area (Å²) >= 11 is 3.39. The van der Waals surface area contributed by atoms with Gasteiger partial charge >= 0.3 is 5.97 Å². The Labute approximate surface area is 124 Å². The van der Waals surface area contributed by atoms with Gasteiger partial charge in [0.05, 0.1) is 5.69 Å². The van der Waals surface area contributed by atoms with Crippen molar-refractivity contribution in [3.8, 4) is 5.69 Å². The largest absolute Gasteiger partial charge is 0.476 e. The first kappa shape index (κ1) is 14.5. The normalized spacial score (nSPS) is 10.6. The van der Waals surface area contributed by atoms with E-state index >= 15 is 0 Å². The summed E-state index contributed by atoms with van der Waals surface area (Å²) in [6, 6.07) is 5.62. The molecule has 1 aromatic carbocycles. The lowest BCUT2D eigenvalue weighted by Gasteiger charge is -2.10. The maximum Gasteiger partial charge on any atom is 0.360 e. The molecule has 0 aliphatic rings. The highest BCUT2D eigenvalue weighted by Gasteiger charge is 2.15. The molecule has 1 N–H and O–H groups in total. The van der Waals surface area contributed by atoms with Crippen LogP contribution >= 0.6 is 15.9 Å². The predicted octanol–water partition coefficient (Wildman–Crippen LogP) is 2.56. The van der Waals surface area contributed by atoms with E-state index in [0.717, 1.165) is 10.0 Å². The van der Waals surface area contributed by atoms with Gasteiger partial charge in [-0.25, -0.2) is 9.48 Å². The fourth-order valence-electron chi connectivity index (χ4n) is 1.91. The molecule has 0 radical (unpaired) electrons. The van der Waals surface area contributed by atoms with Gasteiger partial charge in [0.1, 0.15) is 0 Å². The number of aryl methyl sites for hydroxylation is 2. The fraction of sp³-hybridized carbons (Fsp3) is 0.214. The summed E-state index contributed by atoms with van der Waals surface area (Å²) < 4.78 is 2.30. The molecular formula is C14H13BrN2O3. The van der Waals surface area contributed by atoms with Gasteiger partial charge in [0, 0.05) is 16.2 Å². The van der Waals surface area contributed by atoms with E-state index in [1.807, 2.05) is 25.1 Å². The second-order valence-electron chi connectivity index (χ2n) is 4.42. The molecule has 0 saturated heterocycles. The molecule has 0 spiro atoms. The number of hydrogen-bond donors (Lipinski definition) is 1. The van der Waals surface area contributed by atoms with Crippen molar-refractivity contribution < 1.29 is 9.90 Å². The maximum atomic E-state index is 11.9. The fourth-order valence-corrected chi connectivity index (χ4v) is 2.51. The van der Waals surface area contributed by atoms with Crippen LogP contribution in [-0.4, -0.2) is 20.9 Å². The number of halogens is 1. The predicted molar refractivity (Wildman–Crippen MR) is 78.6 cm³/mol. The Morgan fingerprint density at radius 1 is 1.40 bits per heavy atom. The number of rotatable bonds is 3. The molecule has 6 heteroatoms. The third-order valence-corrected chi connectivity index (χ3v) is 3.33. The minimum Gasteiger partial charge on any atom is -0.476 e. The quantitative estimate of drug-likeness (QED) is 0.934. The van der Waals surface area contributed by atoms with Gasteiger partial charge in [0.2, 0.25) is 11.1 Å². The minimum absolute atomic E-state index is 0.426. The van der Waals surface area contributed by atoms with Crippen molar-refractivity contribution in [3.05, 3.63) is 55.9 Å². The summed E-state index contributed by atoms with van der Waals surface area (Å²) in [7, 11) is 0. The summed E-state index contributed by atoms with van der Waals surface area (Å²) in [5.74, 6) is -1.31. The molecule has 0 bridgehead atoms. The number of nitrogens with zero attached hydrogens (tertiary/aromatic N) is 2. The Morgan fingerprint density at radius 3 is 2.65 bits per heavy atom. The molecule has 104 valence electrons. The van der Waals surface area contributed by atoms with Crippen LogP contribution in [0, 0.1) is 6.92 Å². The van der Waals surface area contributed by atoms with Crippen LogP contribution in [-0.2, 0) is 6.42 Å². The van der Waals surface area contributed by atoms with E-state index < -0.39 is 17.1 Å². The van der Waals surface area contributed by atoms with Crippen LogP contribution in [0.5, 0.6) is 0 Å². The van der Waals surface area contributed by atoms with Gasteiger partial charge in [-0.15, -0.1) is 0 Å². The SMILES string of the molecule is CCc1cn(-c2cc(C)cc(Br)c2)nc(C(=O)O)c1=O. The molecule has 1 heterocycles.